The minimum atomic E-state index is -0.489. The summed E-state index contributed by atoms with van der Waals surface area (Å²) in [5, 5.41) is 2.93. The molecule has 4 N–H and O–H groups in total. The van der Waals surface area contributed by atoms with E-state index in [0.717, 1.165) is 31.0 Å². The molecule has 7 nitrogen and oxygen atoms in total. The predicted molar refractivity (Wildman–Crippen MR) is 115 cm³/mol. The molecule has 1 aliphatic rings. The zero-order valence-electron chi connectivity index (χ0n) is 17.8. The van der Waals surface area contributed by atoms with Crippen molar-refractivity contribution in [2.45, 2.75) is 39.8 Å². The maximum absolute atomic E-state index is 12.8. The lowest BCUT2D eigenvalue weighted by Crippen LogP contribution is -3.16. The van der Waals surface area contributed by atoms with Gasteiger partial charge >= 0.3 is 0 Å². The van der Waals surface area contributed by atoms with Gasteiger partial charge in [0, 0.05) is 23.2 Å². The Morgan fingerprint density at radius 2 is 1.67 bits per heavy atom. The Balaban J connectivity index is 1.69. The van der Waals surface area contributed by atoms with E-state index in [1.807, 2.05) is 20.8 Å². The van der Waals surface area contributed by atoms with Crippen molar-refractivity contribution in [3.63, 3.8) is 0 Å². The topological polar surface area (TPSA) is 95.1 Å². The van der Waals surface area contributed by atoms with Crippen molar-refractivity contribution in [3.8, 4) is 11.5 Å². The lowest BCUT2D eigenvalue weighted by atomic mass is 9.97. The van der Waals surface area contributed by atoms with E-state index in [-0.39, 0.29) is 11.9 Å². The van der Waals surface area contributed by atoms with Crippen LogP contribution < -0.4 is 25.4 Å². The van der Waals surface area contributed by atoms with Crippen LogP contribution in [0.1, 0.15) is 42.3 Å². The van der Waals surface area contributed by atoms with Gasteiger partial charge < -0.3 is 25.4 Å². The van der Waals surface area contributed by atoms with Crippen LogP contribution in [0.4, 0.5) is 5.69 Å². The third-order valence-corrected chi connectivity index (χ3v) is 5.44. The van der Waals surface area contributed by atoms with Crippen LogP contribution in [0.3, 0.4) is 0 Å². The third-order valence-electron chi connectivity index (χ3n) is 5.44. The van der Waals surface area contributed by atoms with Gasteiger partial charge in [0.05, 0.1) is 19.8 Å². The molecule has 2 amide bonds. The van der Waals surface area contributed by atoms with Crippen LogP contribution in [0.2, 0.25) is 0 Å². The molecule has 0 fully saturated rings. The van der Waals surface area contributed by atoms with Crippen LogP contribution in [-0.4, -0.2) is 37.6 Å². The number of quaternary nitrogens is 1. The fourth-order valence-corrected chi connectivity index (χ4v) is 3.73. The van der Waals surface area contributed by atoms with E-state index in [2.05, 4.69) is 17.4 Å². The predicted octanol–water partition coefficient (Wildman–Crippen LogP) is 1.55. The fraction of sp³-hybridized carbons (Fsp3) is 0.391. The average molecular weight is 413 g/mol. The summed E-state index contributed by atoms with van der Waals surface area (Å²) in [7, 11) is 0. The van der Waals surface area contributed by atoms with Gasteiger partial charge in [-0.15, -0.1) is 0 Å². The molecule has 1 aliphatic heterocycles. The van der Waals surface area contributed by atoms with Gasteiger partial charge in [-0.2, -0.15) is 0 Å². The number of benzene rings is 2. The van der Waals surface area contributed by atoms with E-state index >= 15 is 0 Å². The van der Waals surface area contributed by atoms with Gasteiger partial charge in [0.25, 0.3) is 5.91 Å². The van der Waals surface area contributed by atoms with Crippen LogP contribution in [0, 0.1) is 0 Å². The Morgan fingerprint density at radius 3 is 2.23 bits per heavy atom. The molecule has 3 rings (SSSR count). The third kappa shape index (κ3) is 4.91. The second kappa shape index (κ2) is 9.63. The highest BCUT2D eigenvalue weighted by molar-refractivity contribution is 5.95. The molecule has 2 aromatic rings. The van der Waals surface area contributed by atoms with Crippen LogP contribution >= 0.6 is 0 Å². The molecule has 1 heterocycles. The molecule has 0 spiro atoms. The maximum Gasteiger partial charge on any atom is 0.282 e. The Kier molecular flexibility index (Phi) is 6.95. The van der Waals surface area contributed by atoms with Gasteiger partial charge in [0.15, 0.2) is 17.5 Å². The Morgan fingerprint density at radius 1 is 1.07 bits per heavy atom. The second-order valence-electron chi connectivity index (χ2n) is 7.42. The molecule has 1 unspecified atom stereocenters. The molecule has 0 saturated carbocycles. The minimum absolute atomic E-state index is 0.0590. The van der Waals surface area contributed by atoms with Crippen LogP contribution in [-0.2, 0) is 17.8 Å². The zero-order chi connectivity index (χ0) is 21.7. The van der Waals surface area contributed by atoms with E-state index in [4.69, 9.17) is 15.2 Å². The second-order valence-corrected chi connectivity index (χ2v) is 7.42. The van der Waals surface area contributed by atoms with Crippen LogP contribution in [0.25, 0.3) is 0 Å². The number of rotatable bonds is 8. The zero-order valence-corrected chi connectivity index (χ0v) is 17.8. The molecule has 0 bridgehead atoms. The SMILES string of the molecule is CCOc1cc2c(cc1OCC)C[NH+]([C@H](C)C(=O)Nc1ccc(C(N)=O)cc1)CC2. The van der Waals surface area contributed by atoms with Crippen molar-refractivity contribution in [1.82, 2.24) is 0 Å². The number of carbonyl (C=O) groups is 2. The molecule has 160 valence electrons. The highest BCUT2D eigenvalue weighted by atomic mass is 16.5. The normalized spacial score (nSPS) is 16.3. The first-order valence-corrected chi connectivity index (χ1v) is 10.4. The Bertz CT molecular complexity index is 911. The number of hydrogen-bond donors (Lipinski definition) is 3. The summed E-state index contributed by atoms with van der Waals surface area (Å²) >= 11 is 0. The molecule has 30 heavy (non-hydrogen) atoms. The minimum Gasteiger partial charge on any atom is -0.490 e. The monoisotopic (exact) mass is 412 g/mol. The number of nitrogens with two attached hydrogens (primary N) is 1. The number of hydrogen-bond acceptors (Lipinski definition) is 4. The van der Waals surface area contributed by atoms with Gasteiger partial charge in [-0.3, -0.25) is 9.59 Å². The highest BCUT2D eigenvalue weighted by Gasteiger charge is 2.30. The van der Waals surface area contributed by atoms with Crippen molar-refractivity contribution in [1.29, 1.82) is 0 Å². The molecule has 7 heteroatoms. The number of primary amides is 1. The Labute approximate surface area is 177 Å². The number of fused-ring (bicyclic) bond motifs is 1. The van der Waals surface area contributed by atoms with E-state index < -0.39 is 5.91 Å². The number of carbonyl (C=O) groups excluding carboxylic acids is 2. The first kappa shape index (κ1) is 21.6. The largest absolute Gasteiger partial charge is 0.490 e. The summed E-state index contributed by atoms with van der Waals surface area (Å²) in [5.74, 6) is 0.991. The number of nitrogens with one attached hydrogen (secondary N) is 2. The van der Waals surface area contributed by atoms with Gasteiger partial charge in [0.1, 0.15) is 6.54 Å². The molecular weight excluding hydrogens is 382 g/mol. The van der Waals surface area contributed by atoms with Crippen molar-refractivity contribution < 1.29 is 24.0 Å². The van der Waals surface area contributed by atoms with Gasteiger partial charge in [-0.1, -0.05) is 0 Å². The molecular formula is C23H30N3O4+. The Hall–Kier alpha value is -3.06. The van der Waals surface area contributed by atoms with Gasteiger partial charge in [-0.05, 0) is 62.7 Å². The first-order valence-electron chi connectivity index (χ1n) is 10.4. The smallest absolute Gasteiger partial charge is 0.282 e. The van der Waals surface area contributed by atoms with E-state index in [1.165, 1.54) is 16.0 Å². The first-order chi connectivity index (χ1) is 14.4. The van der Waals surface area contributed by atoms with Crippen molar-refractivity contribution in [2.24, 2.45) is 5.73 Å². The summed E-state index contributed by atoms with van der Waals surface area (Å²) in [5.41, 5.74) is 8.76. The van der Waals surface area contributed by atoms with Crippen LogP contribution in [0.5, 0.6) is 11.5 Å². The fourth-order valence-electron chi connectivity index (χ4n) is 3.73. The van der Waals surface area contributed by atoms with E-state index in [0.29, 0.717) is 24.5 Å². The van der Waals surface area contributed by atoms with E-state index in [1.54, 1.807) is 24.3 Å². The molecule has 0 radical (unpaired) electrons. The number of amides is 2. The quantitative estimate of drug-likeness (QED) is 0.613. The van der Waals surface area contributed by atoms with Gasteiger partial charge in [0.2, 0.25) is 5.91 Å². The lowest BCUT2D eigenvalue weighted by molar-refractivity contribution is -0.929. The summed E-state index contributed by atoms with van der Waals surface area (Å²) in [6, 6.07) is 10.5. The molecule has 2 aromatic carbocycles. The average Bonchev–Trinajstić information content (AvgIpc) is 2.74. The summed E-state index contributed by atoms with van der Waals surface area (Å²) in [6.07, 6.45) is 0.877. The number of ether oxygens (including phenoxy) is 2. The molecule has 0 aromatic heterocycles. The summed E-state index contributed by atoms with van der Waals surface area (Å²) in [6.45, 7) is 8.62. The van der Waals surface area contributed by atoms with E-state index in [9.17, 15) is 9.59 Å². The van der Waals surface area contributed by atoms with Crippen molar-refractivity contribution in [3.05, 3.63) is 53.1 Å². The van der Waals surface area contributed by atoms with Gasteiger partial charge in [-0.25, -0.2) is 0 Å². The van der Waals surface area contributed by atoms with Crippen molar-refractivity contribution in [2.75, 3.05) is 25.1 Å². The molecule has 0 aliphatic carbocycles. The maximum atomic E-state index is 12.8. The standard InChI is InChI=1S/C23H29N3O4/c1-4-29-20-12-17-10-11-26(14-18(17)13-21(20)30-5-2)15(3)23(28)25-19-8-6-16(7-9-19)22(24)27/h6-9,12-13,15H,4-5,10-11,14H2,1-3H3,(H2,24,27)(H,25,28)/p+1/t15-/m1/s1. The summed E-state index contributed by atoms with van der Waals surface area (Å²) in [4.78, 5) is 25.2. The molecule has 2 atom stereocenters. The molecule has 0 saturated heterocycles. The highest BCUT2D eigenvalue weighted by Crippen LogP contribution is 2.32. The van der Waals surface area contributed by atoms with Crippen LogP contribution in [0.15, 0.2) is 36.4 Å². The number of anilines is 1. The summed E-state index contributed by atoms with van der Waals surface area (Å²) < 4.78 is 11.5. The van der Waals surface area contributed by atoms with Crippen molar-refractivity contribution >= 4 is 17.5 Å². The lowest BCUT2D eigenvalue weighted by Gasteiger charge is -2.30.